The van der Waals surface area contributed by atoms with Crippen LogP contribution in [0.25, 0.3) is 0 Å². The summed E-state index contributed by atoms with van der Waals surface area (Å²) in [5.74, 6) is -1.51. The molecule has 0 fully saturated rings. The van der Waals surface area contributed by atoms with E-state index in [4.69, 9.17) is 0 Å². The molecule has 0 aliphatic carbocycles. The maximum Gasteiger partial charge on any atom is 0.396 e. The largest absolute Gasteiger partial charge is 0.459 e. The molecule has 2 N–H and O–H groups in total. The fraction of sp³-hybridized carbons (Fsp3) is 0.545. The van der Waals surface area contributed by atoms with Crippen molar-refractivity contribution in [2.75, 3.05) is 13.2 Å². The predicted octanol–water partition coefficient (Wildman–Crippen LogP) is 0.330. The number of H-pyrrole nitrogens is 1. The number of amides is 1. The van der Waals surface area contributed by atoms with Crippen LogP contribution >= 0.6 is 0 Å². The van der Waals surface area contributed by atoms with E-state index < -0.39 is 11.9 Å². The summed E-state index contributed by atoms with van der Waals surface area (Å²) in [5, 5.41) is 9.25. The summed E-state index contributed by atoms with van der Waals surface area (Å²) in [4.78, 5) is 22.1. The first-order valence-corrected chi connectivity index (χ1v) is 5.59. The minimum atomic E-state index is -0.827. The molecule has 1 amide bonds. The molecule has 1 heterocycles. The molecule has 0 aromatic carbocycles. The lowest BCUT2D eigenvalue weighted by atomic mass is 10.1. The second-order valence-corrected chi connectivity index (χ2v) is 3.60. The molecule has 1 rings (SSSR count). The van der Waals surface area contributed by atoms with Crippen molar-refractivity contribution in [1.29, 1.82) is 0 Å². The molecule has 0 atom stereocenters. The van der Waals surface area contributed by atoms with Crippen LogP contribution in [-0.4, -0.2) is 35.2 Å². The van der Waals surface area contributed by atoms with Crippen molar-refractivity contribution in [3.05, 3.63) is 17.5 Å². The summed E-state index contributed by atoms with van der Waals surface area (Å²) in [6.07, 6.45) is 3.33. The van der Waals surface area contributed by atoms with Gasteiger partial charge in [-0.05, 0) is 32.3 Å². The Balaban J connectivity index is 2.18. The molecule has 17 heavy (non-hydrogen) atoms. The average molecular weight is 239 g/mol. The van der Waals surface area contributed by atoms with Gasteiger partial charge in [-0.3, -0.25) is 9.89 Å². The number of carbonyl (C=O) groups excluding carboxylic acids is 2. The summed E-state index contributed by atoms with van der Waals surface area (Å²) in [7, 11) is 0. The Hall–Kier alpha value is -1.85. The van der Waals surface area contributed by atoms with E-state index >= 15 is 0 Å². The number of hydrogen-bond donors (Lipinski definition) is 2. The van der Waals surface area contributed by atoms with Crippen molar-refractivity contribution in [2.45, 2.75) is 26.7 Å². The Labute approximate surface area is 99.7 Å². The Bertz CT molecular complexity index is 387. The zero-order valence-electron chi connectivity index (χ0n) is 10.1. The molecular formula is C11H17N3O3. The van der Waals surface area contributed by atoms with E-state index in [9.17, 15) is 9.59 Å². The van der Waals surface area contributed by atoms with E-state index in [-0.39, 0.29) is 6.61 Å². The molecule has 0 aliphatic heterocycles. The number of carbonyl (C=O) groups is 2. The minimum absolute atomic E-state index is 0.209. The highest BCUT2D eigenvalue weighted by atomic mass is 16.5. The first-order chi connectivity index (χ1) is 8.15. The van der Waals surface area contributed by atoms with Crippen LogP contribution in [0.4, 0.5) is 0 Å². The number of aromatic amines is 1. The molecule has 0 spiro atoms. The van der Waals surface area contributed by atoms with Gasteiger partial charge in [0.2, 0.25) is 0 Å². The summed E-state index contributed by atoms with van der Waals surface area (Å²) < 4.78 is 4.56. The van der Waals surface area contributed by atoms with Crippen LogP contribution in [0.15, 0.2) is 6.20 Å². The van der Waals surface area contributed by atoms with E-state index in [1.165, 1.54) is 0 Å². The van der Waals surface area contributed by atoms with Gasteiger partial charge in [0.05, 0.1) is 12.8 Å². The second-order valence-electron chi connectivity index (χ2n) is 3.60. The number of nitrogens with zero attached hydrogens (tertiary/aromatic N) is 1. The van der Waals surface area contributed by atoms with Gasteiger partial charge in [-0.15, -0.1) is 0 Å². The van der Waals surface area contributed by atoms with Crippen molar-refractivity contribution in [3.63, 3.8) is 0 Å². The van der Waals surface area contributed by atoms with Crippen molar-refractivity contribution in [1.82, 2.24) is 15.5 Å². The number of nitrogens with one attached hydrogen (secondary N) is 2. The molecule has 0 unspecified atom stereocenters. The van der Waals surface area contributed by atoms with Crippen LogP contribution in [0.1, 0.15) is 24.6 Å². The maximum absolute atomic E-state index is 11.2. The van der Waals surface area contributed by atoms with Gasteiger partial charge in [0.25, 0.3) is 0 Å². The molecular weight excluding hydrogens is 222 g/mol. The lowest BCUT2D eigenvalue weighted by Crippen LogP contribution is -2.33. The lowest BCUT2D eigenvalue weighted by Gasteiger charge is -2.04. The summed E-state index contributed by atoms with van der Waals surface area (Å²) in [6, 6.07) is 0. The van der Waals surface area contributed by atoms with E-state index in [0.29, 0.717) is 6.54 Å². The first kappa shape index (κ1) is 13.2. The van der Waals surface area contributed by atoms with Gasteiger partial charge in [0, 0.05) is 12.2 Å². The van der Waals surface area contributed by atoms with Crippen molar-refractivity contribution < 1.29 is 14.3 Å². The number of aromatic nitrogens is 2. The average Bonchev–Trinajstić information content (AvgIpc) is 2.70. The van der Waals surface area contributed by atoms with Gasteiger partial charge in [0.1, 0.15) is 0 Å². The molecule has 0 saturated carbocycles. The highest BCUT2D eigenvalue weighted by Gasteiger charge is 2.13. The standard InChI is InChI=1S/C11H17N3O3/c1-3-17-11(16)10(15)12-6-4-5-9-7-13-14-8(9)2/h7H,3-6H2,1-2H3,(H,12,15)(H,13,14). The Morgan fingerprint density at radius 2 is 2.29 bits per heavy atom. The van der Waals surface area contributed by atoms with Crippen LogP contribution in [0.5, 0.6) is 0 Å². The van der Waals surface area contributed by atoms with Crippen LogP contribution in [0.2, 0.25) is 0 Å². The molecule has 0 saturated heterocycles. The van der Waals surface area contributed by atoms with Crippen LogP contribution < -0.4 is 5.32 Å². The molecule has 6 nitrogen and oxygen atoms in total. The predicted molar refractivity (Wildman–Crippen MR) is 61.3 cm³/mol. The maximum atomic E-state index is 11.2. The second kappa shape index (κ2) is 6.67. The van der Waals surface area contributed by atoms with E-state index in [1.54, 1.807) is 13.1 Å². The smallest absolute Gasteiger partial charge is 0.396 e. The van der Waals surface area contributed by atoms with Gasteiger partial charge in [-0.2, -0.15) is 5.10 Å². The summed E-state index contributed by atoms with van der Waals surface area (Å²) in [6.45, 7) is 4.26. The van der Waals surface area contributed by atoms with Gasteiger partial charge >= 0.3 is 11.9 Å². The Morgan fingerprint density at radius 3 is 2.88 bits per heavy atom. The molecule has 0 bridgehead atoms. The van der Waals surface area contributed by atoms with Crippen molar-refractivity contribution >= 4 is 11.9 Å². The molecule has 0 radical (unpaired) electrons. The van der Waals surface area contributed by atoms with Gasteiger partial charge in [-0.25, -0.2) is 4.79 Å². The number of aryl methyl sites for hydroxylation is 2. The molecule has 0 aliphatic rings. The summed E-state index contributed by atoms with van der Waals surface area (Å²) >= 11 is 0. The quantitative estimate of drug-likeness (QED) is 0.440. The van der Waals surface area contributed by atoms with Crippen molar-refractivity contribution in [3.8, 4) is 0 Å². The Kier molecular flexibility index (Phi) is 5.19. The topological polar surface area (TPSA) is 84.1 Å². The fourth-order valence-corrected chi connectivity index (χ4v) is 1.38. The molecule has 6 heteroatoms. The molecule has 94 valence electrons. The van der Waals surface area contributed by atoms with E-state index in [2.05, 4.69) is 20.3 Å². The van der Waals surface area contributed by atoms with Crippen LogP contribution in [0.3, 0.4) is 0 Å². The van der Waals surface area contributed by atoms with E-state index in [1.807, 2.05) is 6.92 Å². The third-order valence-corrected chi connectivity index (χ3v) is 2.30. The third kappa shape index (κ3) is 4.26. The van der Waals surface area contributed by atoms with E-state index in [0.717, 1.165) is 24.1 Å². The number of ether oxygens (including phenoxy) is 1. The van der Waals surface area contributed by atoms with Crippen molar-refractivity contribution in [2.24, 2.45) is 0 Å². The lowest BCUT2D eigenvalue weighted by molar-refractivity contribution is -0.154. The van der Waals surface area contributed by atoms with Crippen LogP contribution in [-0.2, 0) is 20.7 Å². The monoisotopic (exact) mass is 239 g/mol. The summed E-state index contributed by atoms with van der Waals surface area (Å²) in [5.41, 5.74) is 2.15. The third-order valence-electron chi connectivity index (χ3n) is 2.30. The number of esters is 1. The van der Waals surface area contributed by atoms with Gasteiger partial charge in [0.15, 0.2) is 0 Å². The zero-order chi connectivity index (χ0) is 12.7. The molecule has 1 aromatic rings. The normalized spacial score (nSPS) is 10.0. The van der Waals surface area contributed by atoms with Crippen LogP contribution in [0, 0.1) is 6.92 Å². The number of rotatable bonds is 5. The minimum Gasteiger partial charge on any atom is -0.459 e. The highest BCUT2D eigenvalue weighted by Crippen LogP contribution is 2.04. The zero-order valence-corrected chi connectivity index (χ0v) is 10.1. The Morgan fingerprint density at radius 1 is 1.53 bits per heavy atom. The number of hydrogen-bond acceptors (Lipinski definition) is 4. The highest BCUT2D eigenvalue weighted by molar-refractivity contribution is 6.32. The molecule has 1 aromatic heterocycles. The SMILES string of the molecule is CCOC(=O)C(=O)NCCCc1cn[nH]c1C. The van der Waals surface area contributed by atoms with Gasteiger partial charge in [-0.1, -0.05) is 0 Å². The first-order valence-electron chi connectivity index (χ1n) is 5.59. The van der Waals surface area contributed by atoms with Gasteiger partial charge < -0.3 is 10.1 Å². The fourth-order valence-electron chi connectivity index (χ4n) is 1.38.